The Bertz CT molecular complexity index is 326. The Morgan fingerprint density at radius 1 is 1.57 bits per heavy atom. The first-order valence-electron chi connectivity index (χ1n) is 4.79. The van der Waals surface area contributed by atoms with Gasteiger partial charge >= 0.3 is 0 Å². The van der Waals surface area contributed by atoms with Gasteiger partial charge in [0.05, 0.1) is 11.4 Å². The maximum absolute atomic E-state index is 5.52. The molecule has 2 atom stereocenters. The highest BCUT2D eigenvalue weighted by Crippen LogP contribution is 2.29. The second-order valence-electron chi connectivity index (χ2n) is 3.64. The van der Waals surface area contributed by atoms with Crippen molar-refractivity contribution in [3.8, 4) is 0 Å². The molecule has 0 spiro atoms. The van der Waals surface area contributed by atoms with E-state index < -0.39 is 0 Å². The van der Waals surface area contributed by atoms with Gasteiger partial charge in [-0.25, -0.2) is 0 Å². The third-order valence-corrected chi connectivity index (χ3v) is 3.33. The zero-order valence-electron chi connectivity index (χ0n) is 8.40. The van der Waals surface area contributed by atoms with Crippen molar-refractivity contribution in [1.29, 1.82) is 0 Å². The minimum atomic E-state index is 0.265. The van der Waals surface area contributed by atoms with Crippen LogP contribution in [0.4, 0.5) is 0 Å². The lowest BCUT2D eigenvalue weighted by Gasteiger charge is -2.12. The molecule has 5 heteroatoms. The number of alkyl halides is 1. The molecule has 1 fully saturated rings. The standard InChI is InChI=1S/C9H14BrN3O/c1-6-7(3-4-14-6)9-12-11-8(5-10)13(9)2/h6-7H,3-5H2,1-2H3. The summed E-state index contributed by atoms with van der Waals surface area (Å²) in [6.07, 6.45) is 1.32. The van der Waals surface area contributed by atoms with Crippen molar-refractivity contribution in [2.24, 2.45) is 7.05 Å². The lowest BCUT2D eigenvalue weighted by Crippen LogP contribution is -2.14. The molecule has 78 valence electrons. The molecule has 14 heavy (non-hydrogen) atoms. The number of hydrogen-bond acceptors (Lipinski definition) is 3. The normalized spacial score (nSPS) is 27.1. The molecule has 2 rings (SSSR count). The zero-order chi connectivity index (χ0) is 10.1. The summed E-state index contributed by atoms with van der Waals surface area (Å²) >= 11 is 3.39. The first-order chi connectivity index (χ1) is 6.74. The summed E-state index contributed by atoms with van der Waals surface area (Å²) in [4.78, 5) is 0. The van der Waals surface area contributed by atoms with Gasteiger partial charge in [-0.05, 0) is 13.3 Å². The highest BCUT2D eigenvalue weighted by atomic mass is 79.9. The maximum atomic E-state index is 5.52. The minimum Gasteiger partial charge on any atom is -0.378 e. The SMILES string of the molecule is CC1OCCC1c1nnc(CBr)n1C. The highest BCUT2D eigenvalue weighted by molar-refractivity contribution is 9.08. The molecule has 2 heterocycles. The van der Waals surface area contributed by atoms with Crippen LogP contribution in [-0.2, 0) is 17.1 Å². The van der Waals surface area contributed by atoms with Gasteiger partial charge in [-0.2, -0.15) is 0 Å². The molecular weight excluding hydrogens is 246 g/mol. The molecule has 0 saturated carbocycles. The molecule has 1 aromatic rings. The molecular formula is C9H14BrN3O. The van der Waals surface area contributed by atoms with Gasteiger partial charge in [0.1, 0.15) is 11.6 Å². The Balaban J connectivity index is 2.27. The van der Waals surface area contributed by atoms with Crippen LogP contribution in [-0.4, -0.2) is 27.5 Å². The van der Waals surface area contributed by atoms with E-state index in [9.17, 15) is 0 Å². The van der Waals surface area contributed by atoms with Crippen LogP contribution in [0.15, 0.2) is 0 Å². The third kappa shape index (κ3) is 1.59. The lowest BCUT2D eigenvalue weighted by molar-refractivity contribution is 0.117. The van der Waals surface area contributed by atoms with Crippen LogP contribution in [0, 0.1) is 0 Å². The average molecular weight is 260 g/mol. The van der Waals surface area contributed by atoms with Crippen molar-refractivity contribution in [1.82, 2.24) is 14.8 Å². The van der Waals surface area contributed by atoms with E-state index in [0.29, 0.717) is 5.92 Å². The predicted octanol–water partition coefficient (Wildman–Crippen LogP) is 1.60. The zero-order valence-corrected chi connectivity index (χ0v) is 9.99. The predicted molar refractivity (Wildman–Crippen MR) is 56.4 cm³/mol. The van der Waals surface area contributed by atoms with Crippen molar-refractivity contribution in [3.63, 3.8) is 0 Å². The van der Waals surface area contributed by atoms with E-state index in [4.69, 9.17) is 4.74 Å². The van der Waals surface area contributed by atoms with Crippen molar-refractivity contribution < 1.29 is 4.74 Å². The molecule has 0 aromatic carbocycles. The number of halogens is 1. The van der Waals surface area contributed by atoms with E-state index in [1.807, 2.05) is 7.05 Å². The highest BCUT2D eigenvalue weighted by Gasteiger charge is 2.30. The third-order valence-electron chi connectivity index (χ3n) is 2.83. The summed E-state index contributed by atoms with van der Waals surface area (Å²) in [7, 11) is 2.01. The van der Waals surface area contributed by atoms with Crippen LogP contribution in [0.2, 0.25) is 0 Å². The Morgan fingerprint density at radius 3 is 2.86 bits per heavy atom. The summed E-state index contributed by atoms with van der Waals surface area (Å²) in [5, 5.41) is 9.09. The first-order valence-corrected chi connectivity index (χ1v) is 5.92. The van der Waals surface area contributed by atoms with Crippen LogP contribution in [0.5, 0.6) is 0 Å². The molecule has 0 radical (unpaired) electrons. The van der Waals surface area contributed by atoms with Crippen molar-refractivity contribution in [2.45, 2.75) is 30.7 Å². The van der Waals surface area contributed by atoms with Gasteiger partial charge in [-0.1, -0.05) is 15.9 Å². The molecule has 1 aliphatic rings. The van der Waals surface area contributed by atoms with Crippen LogP contribution in [0.25, 0.3) is 0 Å². The van der Waals surface area contributed by atoms with Crippen molar-refractivity contribution in [3.05, 3.63) is 11.6 Å². The number of nitrogens with zero attached hydrogens (tertiary/aromatic N) is 3. The van der Waals surface area contributed by atoms with E-state index in [-0.39, 0.29) is 6.10 Å². The Kier molecular flexibility index (Phi) is 2.88. The van der Waals surface area contributed by atoms with E-state index in [2.05, 4.69) is 37.6 Å². The van der Waals surface area contributed by atoms with Gasteiger partial charge in [0.15, 0.2) is 0 Å². The quantitative estimate of drug-likeness (QED) is 0.758. The Morgan fingerprint density at radius 2 is 2.36 bits per heavy atom. The second kappa shape index (κ2) is 3.98. The van der Waals surface area contributed by atoms with Crippen LogP contribution >= 0.6 is 15.9 Å². The number of rotatable bonds is 2. The summed E-state index contributed by atoms with van der Waals surface area (Å²) < 4.78 is 7.59. The molecule has 1 aromatic heterocycles. The maximum Gasteiger partial charge on any atom is 0.143 e. The largest absolute Gasteiger partial charge is 0.378 e. The van der Waals surface area contributed by atoms with E-state index in [0.717, 1.165) is 30.0 Å². The van der Waals surface area contributed by atoms with E-state index in [1.165, 1.54) is 0 Å². The summed E-state index contributed by atoms with van der Waals surface area (Å²) in [6.45, 7) is 2.93. The van der Waals surface area contributed by atoms with Crippen molar-refractivity contribution >= 4 is 15.9 Å². The smallest absolute Gasteiger partial charge is 0.143 e. The Hall–Kier alpha value is -0.420. The van der Waals surface area contributed by atoms with Gasteiger partial charge in [-0.3, -0.25) is 0 Å². The van der Waals surface area contributed by atoms with Crippen LogP contribution < -0.4 is 0 Å². The second-order valence-corrected chi connectivity index (χ2v) is 4.20. The van der Waals surface area contributed by atoms with Gasteiger partial charge in [0.25, 0.3) is 0 Å². The molecule has 0 aliphatic carbocycles. The fourth-order valence-electron chi connectivity index (χ4n) is 1.89. The van der Waals surface area contributed by atoms with E-state index in [1.54, 1.807) is 0 Å². The molecule has 0 N–H and O–H groups in total. The van der Waals surface area contributed by atoms with Crippen LogP contribution in [0.1, 0.15) is 30.9 Å². The number of ether oxygens (including phenoxy) is 1. The fraction of sp³-hybridized carbons (Fsp3) is 0.778. The molecule has 0 amide bonds. The average Bonchev–Trinajstić information content (AvgIpc) is 2.72. The molecule has 1 saturated heterocycles. The van der Waals surface area contributed by atoms with Gasteiger partial charge in [-0.15, -0.1) is 10.2 Å². The first kappa shape index (κ1) is 10.1. The lowest BCUT2D eigenvalue weighted by atomic mass is 10.0. The number of aromatic nitrogens is 3. The minimum absolute atomic E-state index is 0.265. The van der Waals surface area contributed by atoms with Gasteiger partial charge in [0, 0.05) is 19.6 Å². The van der Waals surface area contributed by atoms with E-state index >= 15 is 0 Å². The molecule has 1 aliphatic heterocycles. The number of hydrogen-bond donors (Lipinski definition) is 0. The van der Waals surface area contributed by atoms with Crippen molar-refractivity contribution in [2.75, 3.05) is 6.61 Å². The monoisotopic (exact) mass is 259 g/mol. The topological polar surface area (TPSA) is 39.9 Å². The molecule has 4 nitrogen and oxygen atoms in total. The summed E-state index contributed by atoms with van der Waals surface area (Å²) in [6, 6.07) is 0. The van der Waals surface area contributed by atoms with Crippen LogP contribution in [0.3, 0.4) is 0 Å². The fourth-order valence-corrected chi connectivity index (χ4v) is 2.37. The van der Waals surface area contributed by atoms with Gasteiger partial charge in [0.2, 0.25) is 0 Å². The van der Waals surface area contributed by atoms with Gasteiger partial charge < -0.3 is 9.30 Å². The summed E-state index contributed by atoms with van der Waals surface area (Å²) in [5.74, 6) is 2.42. The summed E-state index contributed by atoms with van der Waals surface area (Å²) in [5.41, 5.74) is 0. The molecule has 0 bridgehead atoms. The Labute approximate surface area is 91.8 Å². The molecule has 2 unspecified atom stereocenters.